The van der Waals surface area contributed by atoms with Crippen LogP contribution in [0.15, 0.2) is 4.99 Å². The van der Waals surface area contributed by atoms with Gasteiger partial charge in [0.25, 0.3) is 5.91 Å². The number of carbonyl (C=O) groups is 1. The van der Waals surface area contributed by atoms with E-state index < -0.39 is 0 Å². The van der Waals surface area contributed by atoms with E-state index in [0.29, 0.717) is 10.9 Å². The first-order valence-electron chi connectivity index (χ1n) is 6.86. The van der Waals surface area contributed by atoms with Gasteiger partial charge in [0, 0.05) is 49.2 Å². The second-order valence-electron chi connectivity index (χ2n) is 4.61. The zero-order chi connectivity index (χ0) is 15.1. The molecule has 2 fully saturated rings. The van der Waals surface area contributed by atoms with Crippen molar-refractivity contribution >= 4 is 63.7 Å². The second-order valence-corrected chi connectivity index (χ2v) is 8.42. The topological polar surface area (TPSA) is 61.9 Å². The number of nitrogens with zero attached hydrogens (tertiary/aromatic N) is 3. The molecule has 0 aromatic heterocycles. The third kappa shape index (κ3) is 5.88. The van der Waals surface area contributed by atoms with E-state index >= 15 is 0 Å². The molecule has 0 unspecified atom stereocenters. The van der Waals surface area contributed by atoms with E-state index in [1.54, 1.807) is 11.8 Å². The summed E-state index contributed by atoms with van der Waals surface area (Å²) in [5.41, 5.74) is 5.42. The lowest BCUT2D eigenvalue weighted by molar-refractivity contribution is -0.115. The maximum Gasteiger partial charge on any atom is 0.258 e. The number of amidine groups is 1. The number of rotatable bonds is 0. The highest BCUT2D eigenvalue weighted by Gasteiger charge is 2.21. The van der Waals surface area contributed by atoms with Crippen molar-refractivity contribution in [3.05, 3.63) is 0 Å². The number of carbonyl (C=O) groups excluding carboxylic acids is 1. The molecule has 1 amide bonds. The van der Waals surface area contributed by atoms with Crippen molar-refractivity contribution < 1.29 is 4.79 Å². The Kier molecular flexibility index (Phi) is 7.48. The molecule has 2 saturated heterocycles. The summed E-state index contributed by atoms with van der Waals surface area (Å²) < 4.78 is 0. The summed E-state index contributed by atoms with van der Waals surface area (Å²) >= 11 is 10.3. The van der Waals surface area contributed by atoms with Gasteiger partial charge in [-0.05, 0) is 12.2 Å². The molecule has 3 aliphatic heterocycles. The molecular formula is C12H20N4OS4. The highest BCUT2D eigenvalue weighted by atomic mass is 32.2. The zero-order valence-corrected chi connectivity index (χ0v) is 15.1. The van der Waals surface area contributed by atoms with Gasteiger partial charge in [0.15, 0.2) is 10.3 Å². The predicted molar refractivity (Wildman–Crippen MR) is 99.5 cm³/mol. The van der Waals surface area contributed by atoms with E-state index in [9.17, 15) is 4.79 Å². The van der Waals surface area contributed by atoms with Crippen LogP contribution in [0.2, 0.25) is 0 Å². The van der Waals surface area contributed by atoms with Crippen LogP contribution in [0.1, 0.15) is 0 Å². The maximum absolute atomic E-state index is 10.9. The first kappa shape index (κ1) is 17.2. The van der Waals surface area contributed by atoms with Crippen LogP contribution >= 0.6 is 47.5 Å². The van der Waals surface area contributed by atoms with Crippen molar-refractivity contribution in [1.82, 2.24) is 9.80 Å². The maximum atomic E-state index is 10.9. The van der Waals surface area contributed by atoms with Crippen LogP contribution in [-0.2, 0) is 4.79 Å². The molecule has 3 rings (SSSR count). The van der Waals surface area contributed by atoms with Crippen LogP contribution in [0.3, 0.4) is 0 Å². The molecular weight excluding hydrogens is 344 g/mol. The molecule has 0 bridgehead atoms. The first-order chi connectivity index (χ1) is 10.2. The van der Waals surface area contributed by atoms with Crippen LogP contribution in [0.4, 0.5) is 0 Å². The third-order valence-electron chi connectivity index (χ3n) is 3.15. The molecule has 118 valence electrons. The smallest absolute Gasteiger partial charge is 0.258 e. The van der Waals surface area contributed by atoms with Gasteiger partial charge in [-0.25, -0.2) is 0 Å². The Morgan fingerprint density at radius 2 is 1.67 bits per heavy atom. The molecule has 0 aromatic rings. The molecule has 3 heterocycles. The molecule has 0 atom stereocenters. The van der Waals surface area contributed by atoms with Gasteiger partial charge in [-0.1, -0.05) is 11.8 Å². The standard InChI is InChI=1S/C7H10N2OS2.C5H10N2S2/c10-6-5-12-7(8-6)9-1-3-11-4-2-9;6-5(8)7-1-3-9-4-2-7/h1-5H2;1-4H2,(H2,6,8). The fourth-order valence-corrected chi connectivity index (χ4v) is 4.84. The molecule has 0 saturated carbocycles. The summed E-state index contributed by atoms with van der Waals surface area (Å²) in [6, 6.07) is 0. The number of thioether (sulfide) groups is 3. The lowest BCUT2D eigenvalue weighted by Crippen LogP contribution is -2.41. The van der Waals surface area contributed by atoms with Crippen molar-refractivity contribution in [3.63, 3.8) is 0 Å². The van der Waals surface area contributed by atoms with Crippen LogP contribution in [0.5, 0.6) is 0 Å². The highest BCUT2D eigenvalue weighted by molar-refractivity contribution is 8.14. The quantitative estimate of drug-likeness (QED) is 0.638. The zero-order valence-electron chi connectivity index (χ0n) is 11.8. The average Bonchev–Trinajstić information content (AvgIpc) is 2.96. The van der Waals surface area contributed by atoms with Crippen molar-refractivity contribution in [3.8, 4) is 0 Å². The van der Waals surface area contributed by atoms with Crippen LogP contribution in [0.25, 0.3) is 0 Å². The normalized spacial score (nSPS) is 22.5. The van der Waals surface area contributed by atoms with E-state index in [-0.39, 0.29) is 5.91 Å². The third-order valence-corrected chi connectivity index (χ3v) is 6.29. The number of hydrogen-bond donors (Lipinski definition) is 1. The summed E-state index contributed by atoms with van der Waals surface area (Å²) in [6.45, 7) is 4.15. The number of nitrogens with two attached hydrogens (primary N) is 1. The largest absolute Gasteiger partial charge is 0.376 e. The fraction of sp³-hybridized carbons (Fsp3) is 0.750. The molecule has 21 heavy (non-hydrogen) atoms. The van der Waals surface area contributed by atoms with Crippen molar-refractivity contribution in [2.45, 2.75) is 0 Å². The molecule has 0 spiro atoms. The Morgan fingerprint density at radius 1 is 1.10 bits per heavy atom. The van der Waals surface area contributed by atoms with E-state index in [1.165, 1.54) is 0 Å². The molecule has 2 N–H and O–H groups in total. The Labute approximate surface area is 143 Å². The Balaban J connectivity index is 0.000000161. The number of hydrogen-bond acceptors (Lipinski definition) is 6. The van der Waals surface area contributed by atoms with Crippen LogP contribution < -0.4 is 5.73 Å². The number of amides is 1. The van der Waals surface area contributed by atoms with Crippen molar-refractivity contribution in [2.24, 2.45) is 10.7 Å². The van der Waals surface area contributed by atoms with Gasteiger partial charge >= 0.3 is 0 Å². The molecule has 5 nitrogen and oxygen atoms in total. The summed E-state index contributed by atoms with van der Waals surface area (Å²) in [5, 5.41) is 1.50. The summed E-state index contributed by atoms with van der Waals surface area (Å²) in [5.74, 6) is 5.21. The first-order valence-corrected chi connectivity index (χ1v) is 10.6. The van der Waals surface area contributed by atoms with Gasteiger partial charge in [-0.3, -0.25) is 4.79 Å². The molecule has 0 radical (unpaired) electrons. The summed E-state index contributed by atoms with van der Waals surface area (Å²) in [4.78, 5) is 19.1. The van der Waals surface area contributed by atoms with Crippen molar-refractivity contribution in [1.29, 1.82) is 0 Å². The Morgan fingerprint density at radius 3 is 2.10 bits per heavy atom. The second kappa shape index (κ2) is 9.12. The summed E-state index contributed by atoms with van der Waals surface area (Å²) in [6.07, 6.45) is 0. The number of thiocarbonyl (C=S) groups is 1. The van der Waals surface area contributed by atoms with Crippen LogP contribution in [-0.4, -0.2) is 80.9 Å². The lowest BCUT2D eigenvalue weighted by atomic mass is 10.5. The van der Waals surface area contributed by atoms with Crippen molar-refractivity contribution in [2.75, 3.05) is 54.9 Å². The Bertz CT molecular complexity index is 406. The van der Waals surface area contributed by atoms with E-state index in [2.05, 4.69) is 9.89 Å². The van der Waals surface area contributed by atoms with Gasteiger partial charge in [-0.15, -0.1) is 0 Å². The molecule has 3 aliphatic rings. The predicted octanol–water partition coefficient (Wildman–Crippen LogP) is 0.943. The van der Waals surface area contributed by atoms with Gasteiger partial charge in [-0.2, -0.15) is 28.5 Å². The molecule has 9 heteroatoms. The van der Waals surface area contributed by atoms with E-state index in [0.717, 1.165) is 54.4 Å². The van der Waals surface area contributed by atoms with Gasteiger partial charge in [0.05, 0.1) is 5.75 Å². The van der Waals surface area contributed by atoms with Gasteiger partial charge < -0.3 is 15.5 Å². The van der Waals surface area contributed by atoms with E-state index in [1.807, 2.05) is 28.4 Å². The van der Waals surface area contributed by atoms with E-state index in [4.69, 9.17) is 18.0 Å². The fourth-order valence-electron chi connectivity index (χ4n) is 2.00. The lowest BCUT2D eigenvalue weighted by Gasteiger charge is -2.26. The Hall–Kier alpha value is -0.120. The van der Waals surface area contributed by atoms with Gasteiger partial charge in [0.2, 0.25) is 0 Å². The minimum Gasteiger partial charge on any atom is -0.376 e. The molecule has 0 aliphatic carbocycles. The number of aliphatic imine (C=N–C) groups is 1. The monoisotopic (exact) mass is 364 g/mol. The minimum atomic E-state index is 0.0215. The molecule has 0 aromatic carbocycles. The average molecular weight is 365 g/mol. The van der Waals surface area contributed by atoms with Gasteiger partial charge in [0.1, 0.15) is 0 Å². The SMILES string of the molecule is NC(=S)N1CCSCC1.O=C1CSC(N2CCSCC2)=N1. The highest BCUT2D eigenvalue weighted by Crippen LogP contribution is 2.19. The summed E-state index contributed by atoms with van der Waals surface area (Å²) in [7, 11) is 0. The van der Waals surface area contributed by atoms with Crippen LogP contribution in [0, 0.1) is 0 Å². The minimum absolute atomic E-state index is 0.0215.